The Bertz CT molecular complexity index is 844. The Hall–Kier alpha value is -2.79. The van der Waals surface area contributed by atoms with Crippen LogP contribution in [0.1, 0.15) is 5.56 Å². The van der Waals surface area contributed by atoms with Crippen molar-refractivity contribution in [3.8, 4) is 11.3 Å². The molecule has 2 aromatic carbocycles. The highest BCUT2D eigenvalue weighted by Gasteiger charge is 2.01. The van der Waals surface area contributed by atoms with Gasteiger partial charge in [-0.25, -0.2) is 4.98 Å². The Labute approximate surface area is 133 Å². The standard InChI is InChI=1S/C17H14N4S/c18-17(22)21-19-11-12-6-7-14-8-9-15(20-16(14)10-12)13-4-2-1-3-5-13/h1-11H,(H3,18,21,22). The number of rotatable bonds is 3. The van der Waals surface area contributed by atoms with Crippen LogP contribution in [0.3, 0.4) is 0 Å². The van der Waals surface area contributed by atoms with Crippen LogP contribution in [-0.4, -0.2) is 16.3 Å². The Kier molecular flexibility index (Phi) is 4.07. The van der Waals surface area contributed by atoms with Crippen LogP contribution in [0.5, 0.6) is 0 Å². The molecule has 0 fully saturated rings. The fourth-order valence-electron chi connectivity index (χ4n) is 2.15. The molecule has 0 saturated heterocycles. The summed E-state index contributed by atoms with van der Waals surface area (Å²) in [6, 6.07) is 20.2. The molecular weight excluding hydrogens is 292 g/mol. The molecule has 0 aliphatic rings. The van der Waals surface area contributed by atoms with Gasteiger partial charge < -0.3 is 5.73 Å². The highest BCUT2D eigenvalue weighted by atomic mass is 32.1. The van der Waals surface area contributed by atoms with E-state index in [1.54, 1.807) is 6.21 Å². The van der Waals surface area contributed by atoms with Gasteiger partial charge in [-0.3, -0.25) is 5.43 Å². The van der Waals surface area contributed by atoms with Crippen LogP contribution in [0.15, 0.2) is 65.8 Å². The SMILES string of the molecule is NC(=S)NN=Cc1ccc2ccc(-c3ccccc3)nc2c1. The average Bonchev–Trinajstić information content (AvgIpc) is 2.55. The molecule has 108 valence electrons. The lowest BCUT2D eigenvalue weighted by Crippen LogP contribution is -2.23. The fraction of sp³-hybridized carbons (Fsp3) is 0. The molecule has 3 rings (SSSR count). The number of nitrogens with two attached hydrogens (primary N) is 1. The summed E-state index contributed by atoms with van der Waals surface area (Å²) in [4.78, 5) is 4.72. The van der Waals surface area contributed by atoms with Crippen molar-refractivity contribution in [2.24, 2.45) is 10.8 Å². The molecule has 0 spiro atoms. The highest BCUT2D eigenvalue weighted by molar-refractivity contribution is 7.80. The van der Waals surface area contributed by atoms with Crippen molar-refractivity contribution in [2.45, 2.75) is 0 Å². The summed E-state index contributed by atoms with van der Waals surface area (Å²) in [7, 11) is 0. The number of thiocarbonyl (C=S) groups is 1. The predicted octanol–water partition coefficient (Wildman–Crippen LogP) is 3.07. The molecule has 3 N–H and O–H groups in total. The molecule has 0 radical (unpaired) electrons. The van der Waals surface area contributed by atoms with E-state index in [-0.39, 0.29) is 5.11 Å². The largest absolute Gasteiger partial charge is 0.375 e. The lowest BCUT2D eigenvalue weighted by atomic mass is 10.1. The second-order valence-corrected chi connectivity index (χ2v) is 5.19. The zero-order valence-electron chi connectivity index (χ0n) is 11.7. The van der Waals surface area contributed by atoms with E-state index in [0.717, 1.165) is 27.7 Å². The van der Waals surface area contributed by atoms with Crippen LogP contribution < -0.4 is 11.2 Å². The van der Waals surface area contributed by atoms with E-state index >= 15 is 0 Å². The van der Waals surface area contributed by atoms with Gasteiger partial charge in [-0.15, -0.1) is 0 Å². The summed E-state index contributed by atoms with van der Waals surface area (Å²) in [5.74, 6) is 0. The number of nitrogens with one attached hydrogen (secondary N) is 1. The highest BCUT2D eigenvalue weighted by Crippen LogP contribution is 2.21. The van der Waals surface area contributed by atoms with E-state index in [4.69, 9.17) is 22.9 Å². The normalized spacial score (nSPS) is 10.9. The second kappa shape index (κ2) is 6.32. The zero-order valence-corrected chi connectivity index (χ0v) is 12.5. The molecule has 3 aromatic rings. The number of aromatic nitrogens is 1. The number of hydrogen-bond donors (Lipinski definition) is 2. The van der Waals surface area contributed by atoms with Crippen molar-refractivity contribution in [1.29, 1.82) is 0 Å². The van der Waals surface area contributed by atoms with Crippen LogP contribution in [0, 0.1) is 0 Å². The molecule has 0 saturated carbocycles. The van der Waals surface area contributed by atoms with Gasteiger partial charge in [-0.1, -0.05) is 48.5 Å². The van der Waals surface area contributed by atoms with Gasteiger partial charge in [0.25, 0.3) is 0 Å². The van der Waals surface area contributed by atoms with Crippen molar-refractivity contribution in [3.63, 3.8) is 0 Å². The number of pyridine rings is 1. The molecule has 0 amide bonds. The van der Waals surface area contributed by atoms with Crippen molar-refractivity contribution < 1.29 is 0 Å². The molecule has 0 unspecified atom stereocenters. The van der Waals surface area contributed by atoms with Gasteiger partial charge in [0.1, 0.15) is 0 Å². The fourth-order valence-corrected chi connectivity index (χ4v) is 2.21. The van der Waals surface area contributed by atoms with Gasteiger partial charge >= 0.3 is 0 Å². The number of nitrogens with zero attached hydrogens (tertiary/aromatic N) is 2. The quantitative estimate of drug-likeness (QED) is 0.443. The zero-order chi connectivity index (χ0) is 15.4. The topological polar surface area (TPSA) is 63.3 Å². The van der Waals surface area contributed by atoms with E-state index in [9.17, 15) is 0 Å². The summed E-state index contributed by atoms with van der Waals surface area (Å²) in [5.41, 5.74) is 11.7. The third-order valence-electron chi connectivity index (χ3n) is 3.17. The van der Waals surface area contributed by atoms with E-state index in [1.807, 2.05) is 54.6 Å². The first-order valence-corrected chi connectivity index (χ1v) is 7.18. The minimum Gasteiger partial charge on any atom is -0.375 e. The Morgan fingerprint density at radius 1 is 1.09 bits per heavy atom. The first kappa shape index (κ1) is 14.2. The molecule has 0 bridgehead atoms. The lowest BCUT2D eigenvalue weighted by Gasteiger charge is -2.04. The van der Waals surface area contributed by atoms with Gasteiger partial charge in [-0.05, 0) is 29.9 Å². The number of fused-ring (bicyclic) bond motifs is 1. The number of benzene rings is 2. The molecule has 0 atom stereocenters. The Balaban J connectivity index is 1.96. The van der Waals surface area contributed by atoms with E-state index in [0.29, 0.717) is 0 Å². The predicted molar refractivity (Wildman–Crippen MR) is 94.7 cm³/mol. The molecule has 1 aromatic heterocycles. The third-order valence-corrected chi connectivity index (χ3v) is 3.27. The number of hydrogen-bond acceptors (Lipinski definition) is 3. The molecule has 4 nitrogen and oxygen atoms in total. The minimum atomic E-state index is 0.140. The molecule has 0 aliphatic heterocycles. The van der Waals surface area contributed by atoms with Crippen molar-refractivity contribution in [3.05, 3.63) is 66.2 Å². The maximum absolute atomic E-state index is 5.33. The summed E-state index contributed by atoms with van der Waals surface area (Å²) < 4.78 is 0. The molecular formula is C17H14N4S. The average molecular weight is 306 g/mol. The van der Waals surface area contributed by atoms with Crippen molar-refractivity contribution >= 4 is 34.4 Å². The maximum atomic E-state index is 5.33. The van der Waals surface area contributed by atoms with E-state index in [1.165, 1.54) is 0 Å². The third kappa shape index (κ3) is 3.27. The van der Waals surface area contributed by atoms with E-state index in [2.05, 4.69) is 16.6 Å². The summed E-state index contributed by atoms with van der Waals surface area (Å²) in [6.45, 7) is 0. The van der Waals surface area contributed by atoms with E-state index < -0.39 is 0 Å². The van der Waals surface area contributed by atoms with Crippen LogP contribution in [0.2, 0.25) is 0 Å². The van der Waals surface area contributed by atoms with Gasteiger partial charge in [0.05, 0.1) is 17.4 Å². The van der Waals surface area contributed by atoms with Crippen LogP contribution >= 0.6 is 12.2 Å². The molecule has 1 heterocycles. The van der Waals surface area contributed by atoms with Crippen LogP contribution in [0.4, 0.5) is 0 Å². The minimum absolute atomic E-state index is 0.140. The smallest absolute Gasteiger partial charge is 0.184 e. The molecule has 22 heavy (non-hydrogen) atoms. The Morgan fingerprint density at radius 2 is 1.86 bits per heavy atom. The van der Waals surface area contributed by atoms with Gasteiger partial charge in [0, 0.05) is 10.9 Å². The van der Waals surface area contributed by atoms with Crippen molar-refractivity contribution in [1.82, 2.24) is 10.4 Å². The monoisotopic (exact) mass is 306 g/mol. The second-order valence-electron chi connectivity index (χ2n) is 4.75. The first-order valence-electron chi connectivity index (χ1n) is 6.77. The van der Waals surface area contributed by atoms with Crippen LogP contribution in [-0.2, 0) is 0 Å². The molecule has 0 aliphatic carbocycles. The summed E-state index contributed by atoms with van der Waals surface area (Å²) in [5, 5.41) is 5.18. The van der Waals surface area contributed by atoms with Crippen molar-refractivity contribution in [2.75, 3.05) is 0 Å². The Morgan fingerprint density at radius 3 is 2.64 bits per heavy atom. The number of hydrazone groups is 1. The lowest BCUT2D eigenvalue weighted by molar-refractivity contribution is 1.04. The van der Waals surface area contributed by atoms with Gasteiger partial charge in [-0.2, -0.15) is 5.10 Å². The first-order chi connectivity index (χ1) is 10.7. The maximum Gasteiger partial charge on any atom is 0.184 e. The summed E-state index contributed by atoms with van der Waals surface area (Å²) in [6.07, 6.45) is 1.66. The van der Waals surface area contributed by atoms with Gasteiger partial charge in [0.15, 0.2) is 5.11 Å². The summed E-state index contributed by atoms with van der Waals surface area (Å²) >= 11 is 4.70. The van der Waals surface area contributed by atoms with Crippen LogP contribution in [0.25, 0.3) is 22.2 Å². The molecule has 5 heteroatoms. The van der Waals surface area contributed by atoms with Gasteiger partial charge in [0.2, 0.25) is 0 Å².